The molecule has 0 radical (unpaired) electrons. The summed E-state index contributed by atoms with van der Waals surface area (Å²) in [6.45, 7) is 2.50. The highest BCUT2D eigenvalue weighted by Gasteiger charge is 2.41. The molecule has 0 saturated carbocycles. The van der Waals surface area contributed by atoms with Crippen LogP contribution in [-0.4, -0.2) is 16.9 Å². The fourth-order valence-electron chi connectivity index (χ4n) is 4.13. The predicted octanol–water partition coefficient (Wildman–Crippen LogP) is 6.32. The minimum absolute atomic E-state index is 0.0229. The number of hydrogen-bond donors (Lipinski definition) is 0. The van der Waals surface area contributed by atoms with E-state index in [1.807, 2.05) is 85.8 Å². The molecule has 0 aliphatic carbocycles. The van der Waals surface area contributed by atoms with Gasteiger partial charge in [0.05, 0.1) is 11.4 Å². The van der Waals surface area contributed by atoms with Crippen LogP contribution in [0.15, 0.2) is 115 Å². The van der Waals surface area contributed by atoms with Crippen molar-refractivity contribution >= 4 is 46.6 Å². The molecule has 0 N–H and O–H groups in total. The average molecular weight is 505 g/mol. The summed E-state index contributed by atoms with van der Waals surface area (Å²) < 4.78 is 5.91. The van der Waals surface area contributed by atoms with E-state index in [1.54, 1.807) is 30.3 Å². The highest BCUT2D eigenvalue weighted by Crippen LogP contribution is 2.30. The van der Waals surface area contributed by atoms with Crippen LogP contribution in [0.25, 0.3) is 6.08 Å². The molecule has 4 aromatic carbocycles. The van der Waals surface area contributed by atoms with Gasteiger partial charge in [0.15, 0.2) is 5.11 Å². The Labute approximate surface area is 221 Å². The molecular weight excluding hydrogens is 480 g/mol. The number of amides is 2. The van der Waals surface area contributed by atoms with Crippen molar-refractivity contribution in [1.29, 1.82) is 0 Å². The Kier molecular flexibility index (Phi) is 6.92. The van der Waals surface area contributed by atoms with E-state index in [4.69, 9.17) is 17.0 Å². The van der Waals surface area contributed by atoms with Gasteiger partial charge in [0.25, 0.3) is 11.8 Å². The van der Waals surface area contributed by atoms with Gasteiger partial charge in [0.1, 0.15) is 17.9 Å². The zero-order valence-electron chi connectivity index (χ0n) is 20.2. The van der Waals surface area contributed by atoms with Crippen LogP contribution in [0.5, 0.6) is 5.75 Å². The first-order chi connectivity index (χ1) is 18.0. The molecule has 37 heavy (non-hydrogen) atoms. The first kappa shape index (κ1) is 24.2. The molecule has 1 aliphatic heterocycles. The van der Waals surface area contributed by atoms with Gasteiger partial charge in [0, 0.05) is 0 Å². The van der Waals surface area contributed by atoms with Crippen molar-refractivity contribution in [3.63, 3.8) is 0 Å². The Balaban J connectivity index is 1.45. The van der Waals surface area contributed by atoms with E-state index >= 15 is 0 Å². The van der Waals surface area contributed by atoms with Crippen molar-refractivity contribution in [2.24, 2.45) is 0 Å². The maximum Gasteiger partial charge on any atom is 0.270 e. The van der Waals surface area contributed by atoms with E-state index in [1.165, 1.54) is 15.4 Å². The summed E-state index contributed by atoms with van der Waals surface area (Å²) in [4.78, 5) is 30.0. The fourth-order valence-corrected chi connectivity index (χ4v) is 4.51. The summed E-state index contributed by atoms with van der Waals surface area (Å²) in [6.07, 6.45) is 1.60. The zero-order chi connectivity index (χ0) is 25.8. The lowest BCUT2D eigenvalue weighted by Gasteiger charge is -2.36. The molecule has 0 bridgehead atoms. The largest absolute Gasteiger partial charge is 0.489 e. The van der Waals surface area contributed by atoms with Gasteiger partial charge in [-0.3, -0.25) is 19.4 Å². The number of ether oxygens (including phenoxy) is 1. The van der Waals surface area contributed by atoms with Crippen molar-refractivity contribution in [3.8, 4) is 5.75 Å². The number of anilines is 2. The smallest absolute Gasteiger partial charge is 0.270 e. The Morgan fingerprint density at radius 1 is 0.730 bits per heavy atom. The van der Waals surface area contributed by atoms with Crippen LogP contribution in [0.4, 0.5) is 11.4 Å². The van der Waals surface area contributed by atoms with Gasteiger partial charge in [0.2, 0.25) is 0 Å². The topological polar surface area (TPSA) is 49.9 Å². The standard InChI is InChI=1S/C31H24N2O3S/c1-22-9-8-10-24(19-22)21-36-27-17-15-23(16-18-27)20-28-29(34)32(25-11-4-2-5-12-25)31(37)33(30(28)35)26-13-6-3-7-14-26/h2-20H,21H2,1H3. The van der Waals surface area contributed by atoms with E-state index < -0.39 is 11.8 Å². The maximum atomic E-state index is 13.6. The first-order valence-electron chi connectivity index (χ1n) is 11.8. The molecule has 5 nitrogen and oxygen atoms in total. The summed E-state index contributed by atoms with van der Waals surface area (Å²) in [6, 6.07) is 33.7. The van der Waals surface area contributed by atoms with E-state index in [0.717, 1.165) is 5.56 Å². The van der Waals surface area contributed by atoms with Crippen LogP contribution in [0.3, 0.4) is 0 Å². The minimum atomic E-state index is -0.465. The van der Waals surface area contributed by atoms with Crippen LogP contribution in [-0.2, 0) is 16.2 Å². The zero-order valence-corrected chi connectivity index (χ0v) is 21.0. The Morgan fingerprint density at radius 3 is 1.84 bits per heavy atom. The molecule has 2 amide bonds. The molecule has 0 spiro atoms. The van der Waals surface area contributed by atoms with Crippen molar-refractivity contribution in [1.82, 2.24) is 0 Å². The molecule has 1 heterocycles. The summed E-state index contributed by atoms with van der Waals surface area (Å²) in [5, 5.41) is 0.115. The van der Waals surface area contributed by atoms with E-state index in [2.05, 4.69) is 6.07 Å². The lowest BCUT2D eigenvalue weighted by atomic mass is 10.0. The van der Waals surface area contributed by atoms with Gasteiger partial charge in [-0.25, -0.2) is 0 Å². The van der Waals surface area contributed by atoms with Crippen molar-refractivity contribution in [3.05, 3.63) is 131 Å². The molecule has 5 rings (SSSR count). The monoisotopic (exact) mass is 504 g/mol. The van der Waals surface area contributed by atoms with Crippen molar-refractivity contribution in [2.75, 3.05) is 9.80 Å². The molecule has 182 valence electrons. The van der Waals surface area contributed by atoms with E-state index in [9.17, 15) is 9.59 Å². The molecule has 1 saturated heterocycles. The minimum Gasteiger partial charge on any atom is -0.489 e. The third-order valence-corrected chi connectivity index (χ3v) is 6.32. The Hall–Kier alpha value is -4.55. The molecule has 0 unspecified atom stereocenters. The summed E-state index contributed by atoms with van der Waals surface area (Å²) >= 11 is 5.65. The maximum absolute atomic E-state index is 13.6. The third-order valence-electron chi connectivity index (χ3n) is 5.96. The number of nitrogens with zero attached hydrogens (tertiary/aromatic N) is 2. The van der Waals surface area contributed by atoms with Gasteiger partial charge in [-0.05, 0) is 72.7 Å². The van der Waals surface area contributed by atoms with Crippen LogP contribution < -0.4 is 14.5 Å². The van der Waals surface area contributed by atoms with Gasteiger partial charge in [-0.15, -0.1) is 0 Å². The number of aryl methyl sites for hydroxylation is 1. The van der Waals surface area contributed by atoms with Crippen LogP contribution in [0.1, 0.15) is 16.7 Å². The fraction of sp³-hybridized carbons (Fsp3) is 0.0645. The summed E-state index contributed by atoms with van der Waals surface area (Å²) in [5.74, 6) is -0.232. The van der Waals surface area contributed by atoms with E-state index in [-0.39, 0.29) is 10.7 Å². The number of thiocarbonyl (C=S) groups is 1. The molecule has 1 fully saturated rings. The predicted molar refractivity (Wildman–Crippen MR) is 150 cm³/mol. The number of benzene rings is 4. The summed E-state index contributed by atoms with van der Waals surface area (Å²) in [5.41, 5.74) is 4.18. The van der Waals surface area contributed by atoms with Gasteiger partial charge in [-0.2, -0.15) is 0 Å². The number of carbonyl (C=O) groups excluding carboxylic acids is 2. The second kappa shape index (κ2) is 10.6. The molecule has 4 aromatic rings. The highest BCUT2D eigenvalue weighted by atomic mass is 32.1. The highest BCUT2D eigenvalue weighted by molar-refractivity contribution is 7.81. The normalized spacial score (nSPS) is 13.6. The lowest BCUT2D eigenvalue weighted by molar-refractivity contribution is -0.120. The van der Waals surface area contributed by atoms with Crippen LogP contribution in [0, 0.1) is 6.92 Å². The van der Waals surface area contributed by atoms with Crippen LogP contribution >= 0.6 is 12.2 Å². The number of para-hydroxylation sites is 2. The Bertz CT molecular complexity index is 1420. The van der Waals surface area contributed by atoms with Gasteiger partial charge < -0.3 is 4.74 Å². The molecular formula is C31H24N2O3S. The summed E-state index contributed by atoms with van der Waals surface area (Å²) in [7, 11) is 0. The van der Waals surface area contributed by atoms with Crippen molar-refractivity contribution in [2.45, 2.75) is 13.5 Å². The average Bonchev–Trinajstić information content (AvgIpc) is 2.92. The lowest BCUT2D eigenvalue weighted by Crippen LogP contribution is -2.56. The molecule has 0 atom stereocenters. The van der Waals surface area contributed by atoms with Crippen molar-refractivity contribution < 1.29 is 14.3 Å². The van der Waals surface area contributed by atoms with Gasteiger partial charge in [-0.1, -0.05) is 78.4 Å². The SMILES string of the molecule is Cc1cccc(COc2ccc(C=C3C(=O)N(c4ccccc4)C(=S)N(c4ccccc4)C3=O)cc2)c1. The van der Waals surface area contributed by atoms with Crippen LogP contribution in [0.2, 0.25) is 0 Å². The number of hydrogen-bond acceptors (Lipinski definition) is 4. The second-order valence-corrected chi connectivity index (χ2v) is 9.00. The second-order valence-electron chi connectivity index (χ2n) is 8.64. The Morgan fingerprint density at radius 2 is 1.30 bits per heavy atom. The third kappa shape index (κ3) is 5.20. The molecule has 0 aromatic heterocycles. The number of carbonyl (C=O) groups is 2. The molecule has 1 aliphatic rings. The van der Waals surface area contributed by atoms with E-state index in [0.29, 0.717) is 29.3 Å². The first-order valence-corrected chi connectivity index (χ1v) is 12.3. The number of rotatable bonds is 6. The quantitative estimate of drug-likeness (QED) is 0.175. The molecule has 6 heteroatoms. The van der Waals surface area contributed by atoms with Gasteiger partial charge >= 0.3 is 0 Å².